The van der Waals surface area contributed by atoms with E-state index in [0.717, 1.165) is 10.6 Å². The molecule has 2 aliphatic carbocycles. The predicted octanol–water partition coefficient (Wildman–Crippen LogP) is 5.32. The Hall–Kier alpha value is -4.34. The number of benzene rings is 3. The third kappa shape index (κ3) is 4.13. The predicted molar refractivity (Wildman–Crippen MR) is 167 cm³/mol. The number of para-hydroxylation sites is 1. The maximum absolute atomic E-state index is 15.1. The molecule has 6 atom stereocenters. The molecule has 0 bridgehead atoms. The molecule has 4 amide bonds. The Balaban J connectivity index is 1.48. The first-order chi connectivity index (χ1) is 21.6. The molecule has 2 N–H and O–H groups in total. The first-order valence-electron chi connectivity index (χ1n) is 14.6. The summed E-state index contributed by atoms with van der Waals surface area (Å²) in [7, 11) is 3.03. The molecule has 2 heterocycles. The molecule has 3 aromatic carbocycles. The van der Waals surface area contributed by atoms with Crippen LogP contribution in [0.25, 0.3) is 0 Å². The van der Waals surface area contributed by atoms with Crippen molar-refractivity contribution in [1.29, 1.82) is 0 Å². The molecule has 45 heavy (non-hydrogen) atoms. The molecule has 2 aliphatic heterocycles. The number of fused-ring (bicyclic) bond motifs is 4. The lowest BCUT2D eigenvalue weighted by molar-refractivity contribution is -0.140. The maximum atomic E-state index is 15.1. The van der Waals surface area contributed by atoms with Crippen LogP contribution >= 0.6 is 23.2 Å². The van der Waals surface area contributed by atoms with Crippen LogP contribution < -0.4 is 10.2 Å². The number of halogens is 2. The van der Waals surface area contributed by atoms with Gasteiger partial charge in [0, 0.05) is 23.6 Å². The molecule has 2 saturated heterocycles. The second-order valence-corrected chi connectivity index (χ2v) is 12.9. The van der Waals surface area contributed by atoms with E-state index in [2.05, 4.69) is 5.43 Å². The fraction of sp³-hybridized carbons (Fsp3) is 0.294. The topological polar surface area (TPSA) is 116 Å². The second-order valence-electron chi connectivity index (χ2n) is 12.0. The van der Waals surface area contributed by atoms with Gasteiger partial charge < -0.3 is 9.84 Å². The molecule has 0 radical (unpaired) electrons. The van der Waals surface area contributed by atoms with Crippen LogP contribution in [0.2, 0.25) is 10.0 Å². The highest BCUT2D eigenvalue weighted by molar-refractivity contribution is 6.36. The van der Waals surface area contributed by atoms with Crippen LogP contribution in [0.4, 0.5) is 5.69 Å². The van der Waals surface area contributed by atoms with Gasteiger partial charge in [-0.3, -0.25) is 29.5 Å². The molecular weight excluding hydrogens is 617 g/mol. The maximum Gasteiger partial charge on any atom is 0.260 e. The zero-order chi connectivity index (χ0) is 31.8. The molecule has 11 heteroatoms. The molecule has 3 aromatic rings. The molecular formula is C34H29Cl2N3O6. The highest BCUT2D eigenvalue weighted by Crippen LogP contribution is 2.64. The third-order valence-electron chi connectivity index (χ3n) is 10.0. The first-order valence-corrected chi connectivity index (χ1v) is 15.4. The molecule has 9 nitrogen and oxygen atoms in total. The van der Waals surface area contributed by atoms with E-state index in [1.165, 1.54) is 25.1 Å². The largest absolute Gasteiger partial charge is 0.508 e. The molecule has 7 rings (SSSR count). The van der Waals surface area contributed by atoms with Crippen molar-refractivity contribution in [2.45, 2.75) is 24.2 Å². The Kier molecular flexibility index (Phi) is 6.94. The quantitative estimate of drug-likeness (QED) is 0.285. The molecule has 0 aromatic heterocycles. The number of rotatable bonds is 5. The minimum Gasteiger partial charge on any atom is -0.508 e. The summed E-state index contributed by atoms with van der Waals surface area (Å²) < 4.78 is 5.41. The normalized spacial score (nSPS) is 28.9. The number of nitrogens with zero attached hydrogens (tertiary/aromatic N) is 2. The standard InChI is InChI=1S/C34H29Cl2N3O6/c1-38-30(41)22-13-12-20-23(28(22)32(38)43)16-24-31(42)39(37-26-14-9-18(35)15-25(26)36)33(44)34(24,17-7-10-19(45-2)11-8-17)29(20)21-5-3-4-6-27(21)40/h3-12,14-15,22-24,28-29,37,40H,13,16H2,1-2H3/t22-,23+,24-,28-,29+,34+/m0/s1. The number of ether oxygens (including phenoxy) is 1. The van der Waals surface area contributed by atoms with Crippen molar-refractivity contribution in [3.8, 4) is 11.5 Å². The lowest BCUT2D eigenvalue weighted by atomic mass is 9.49. The number of hydrogen-bond acceptors (Lipinski definition) is 7. The highest BCUT2D eigenvalue weighted by Gasteiger charge is 2.70. The number of anilines is 1. The summed E-state index contributed by atoms with van der Waals surface area (Å²) in [6, 6.07) is 18.4. The molecule has 4 aliphatic rings. The molecule has 230 valence electrons. The minimum absolute atomic E-state index is 0.0452. The van der Waals surface area contributed by atoms with Gasteiger partial charge >= 0.3 is 0 Å². The summed E-state index contributed by atoms with van der Waals surface area (Å²) in [5.41, 5.74) is 3.50. The number of hydrogen-bond donors (Lipinski definition) is 2. The fourth-order valence-electron chi connectivity index (χ4n) is 8.08. The molecule has 1 saturated carbocycles. The number of likely N-dealkylation sites (tertiary alicyclic amines) is 1. The van der Waals surface area contributed by atoms with Gasteiger partial charge in [-0.15, -0.1) is 0 Å². The van der Waals surface area contributed by atoms with Crippen LogP contribution in [0.5, 0.6) is 11.5 Å². The first kappa shape index (κ1) is 29.4. The number of carbonyl (C=O) groups excluding carboxylic acids is 4. The van der Waals surface area contributed by atoms with Gasteiger partial charge in [-0.2, -0.15) is 5.01 Å². The number of phenols is 1. The van der Waals surface area contributed by atoms with Crippen molar-refractivity contribution < 1.29 is 29.0 Å². The smallest absolute Gasteiger partial charge is 0.260 e. The van der Waals surface area contributed by atoms with Crippen LogP contribution in [0, 0.1) is 23.7 Å². The van der Waals surface area contributed by atoms with E-state index in [0.29, 0.717) is 34.0 Å². The SMILES string of the molecule is COc1ccc([C@@]23C(=O)N(Nc4ccc(Cl)cc4Cl)C(=O)[C@@H]2C[C@@H]2C(=CC[C@@H]4C(=O)N(C)C(=O)[C@@H]42)[C@@H]3c2ccccc2O)cc1. The fourth-order valence-corrected chi connectivity index (χ4v) is 8.53. The van der Waals surface area contributed by atoms with Crippen LogP contribution in [-0.4, -0.2) is 52.8 Å². The summed E-state index contributed by atoms with van der Waals surface area (Å²) in [4.78, 5) is 57.5. The van der Waals surface area contributed by atoms with E-state index < -0.39 is 46.8 Å². The second kappa shape index (κ2) is 10.6. The van der Waals surface area contributed by atoms with Crippen LogP contribution in [0.3, 0.4) is 0 Å². The Morgan fingerprint density at radius 1 is 0.933 bits per heavy atom. The highest BCUT2D eigenvalue weighted by atomic mass is 35.5. The summed E-state index contributed by atoms with van der Waals surface area (Å²) in [6.45, 7) is 0. The number of phenolic OH excluding ortho intramolecular Hbond substituents is 1. The zero-order valence-corrected chi connectivity index (χ0v) is 25.9. The van der Waals surface area contributed by atoms with Gasteiger partial charge in [-0.05, 0) is 60.7 Å². The van der Waals surface area contributed by atoms with Crippen molar-refractivity contribution in [2.24, 2.45) is 23.7 Å². The monoisotopic (exact) mass is 645 g/mol. The number of nitrogens with one attached hydrogen (secondary N) is 1. The molecule has 3 fully saturated rings. The average molecular weight is 647 g/mol. The van der Waals surface area contributed by atoms with Gasteiger partial charge in [0.15, 0.2) is 0 Å². The van der Waals surface area contributed by atoms with Gasteiger partial charge in [0.1, 0.15) is 11.5 Å². The van der Waals surface area contributed by atoms with Crippen molar-refractivity contribution in [1.82, 2.24) is 9.91 Å². The Morgan fingerprint density at radius 2 is 1.67 bits per heavy atom. The Labute approximate surface area is 269 Å². The van der Waals surface area contributed by atoms with Gasteiger partial charge in [-0.25, -0.2) is 0 Å². The van der Waals surface area contributed by atoms with Crippen molar-refractivity contribution >= 4 is 52.5 Å². The lowest BCUT2D eigenvalue weighted by Crippen LogP contribution is -2.53. The molecule has 0 spiro atoms. The van der Waals surface area contributed by atoms with E-state index in [1.54, 1.807) is 60.7 Å². The number of hydrazine groups is 1. The van der Waals surface area contributed by atoms with E-state index in [1.807, 2.05) is 6.08 Å². The minimum atomic E-state index is -1.53. The van der Waals surface area contributed by atoms with Crippen molar-refractivity contribution in [3.63, 3.8) is 0 Å². The Morgan fingerprint density at radius 3 is 2.36 bits per heavy atom. The number of methoxy groups -OCH3 is 1. The van der Waals surface area contributed by atoms with E-state index in [4.69, 9.17) is 27.9 Å². The number of amides is 4. The molecule has 0 unspecified atom stereocenters. The number of imide groups is 2. The third-order valence-corrected chi connectivity index (χ3v) is 10.6. The van der Waals surface area contributed by atoms with E-state index in [9.17, 15) is 19.5 Å². The van der Waals surface area contributed by atoms with Gasteiger partial charge in [-0.1, -0.05) is 65.2 Å². The van der Waals surface area contributed by atoms with E-state index in [-0.39, 0.29) is 29.0 Å². The van der Waals surface area contributed by atoms with Crippen LogP contribution in [-0.2, 0) is 24.6 Å². The Bertz CT molecular complexity index is 1810. The van der Waals surface area contributed by atoms with Gasteiger partial charge in [0.05, 0.1) is 41.0 Å². The summed E-state index contributed by atoms with van der Waals surface area (Å²) in [6.07, 6.45) is 2.40. The number of carbonyl (C=O) groups is 4. The van der Waals surface area contributed by atoms with E-state index >= 15 is 4.79 Å². The van der Waals surface area contributed by atoms with Crippen LogP contribution in [0.1, 0.15) is 29.9 Å². The van der Waals surface area contributed by atoms with Crippen molar-refractivity contribution in [2.75, 3.05) is 19.6 Å². The van der Waals surface area contributed by atoms with Crippen LogP contribution in [0.15, 0.2) is 78.4 Å². The number of aromatic hydroxyl groups is 1. The summed E-state index contributed by atoms with van der Waals surface area (Å²) in [5.74, 6) is -4.61. The van der Waals surface area contributed by atoms with Gasteiger partial charge in [0.25, 0.3) is 11.8 Å². The lowest BCUT2D eigenvalue weighted by Gasteiger charge is -2.50. The summed E-state index contributed by atoms with van der Waals surface area (Å²) >= 11 is 12.6. The average Bonchev–Trinajstić information content (AvgIpc) is 3.39. The zero-order valence-electron chi connectivity index (χ0n) is 24.4. The van der Waals surface area contributed by atoms with Gasteiger partial charge in [0.2, 0.25) is 11.8 Å². The van der Waals surface area contributed by atoms with Crippen molar-refractivity contribution in [3.05, 3.63) is 99.6 Å². The number of allylic oxidation sites excluding steroid dienone is 2. The summed E-state index contributed by atoms with van der Waals surface area (Å²) in [5, 5.41) is 12.9.